The van der Waals surface area contributed by atoms with Gasteiger partial charge in [-0.3, -0.25) is 4.99 Å². The number of carbonyl (C=O) groups is 1. The molecule has 0 bridgehead atoms. The van der Waals surface area contributed by atoms with Crippen molar-refractivity contribution in [2.75, 3.05) is 46.4 Å². The van der Waals surface area contributed by atoms with E-state index in [2.05, 4.69) is 15.2 Å². The van der Waals surface area contributed by atoms with Gasteiger partial charge in [0.05, 0.1) is 6.61 Å². The van der Waals surface area contributed by atoms with Crippen LogP contribution in [0.2, 0.25) is 5.02 Å². The van der Waals surface area contributed by atoms with Gasteiger partial charge in [0, 0.05) is 44.8 Å². The molecule has 1 fully saturated rings. The topological polar surface area (TPSA) is 57.2 Å². The summed E-state index contributed by atoms with van der Waals surface area (Å²) in [5, 5.41) is 3.72. The second-order valence-corrected chi connectivity index (χ2v) is 6.04. The zero-order valence-electron chi connectivity index (χ0n) is 15.0. The van der Waals surface area contributed by atoms with Crippen LogP contribution in [0.15, 0.2) is 23.2 Å². The minimum Gasteiger partial charge on any atom is -0.450 e. The second kappa shape index (κ2) is 11.4. The maximum atomic E-state index is 13.1. The Bertz CT molecular complexity index is 625. The molecule has 1 heterocycles. The van der Waals surface area contributed by atoms with Crippen LogP contribution in [0.25, 0.3) is 0 Å². The molecule has 0 aromatic heterocycles. The van der Waals surface area contributed by atoms with E-state index in [1.165, 1.54) is 12.1 Å². The summed E-state index contributed by atoms with van der Waals surface area (Å²) in [4.78, 5) is 19.8. The molecule has 146 valence electrons. The van der Waals surface area contributed by atoms with E-state index in [4.69, 9.17) is 16.3 Å². The van der Waals surface area contributed by atoms with Crippen molar-refractivity contribution in [3.8, 4) is 0 Å². The largest absolute Gasteiger partial charge is 0.450 e. The van der Waals surface area contributed by atoms with Crippen molar-refractivity contribution >= 4 is 47.6 Å². The Morgan fingerprint density at radius 1 is 1.31 bits per heavy atom. The molecular weight excluding hydrogens is 474 g/mol. The van der Waals surface area contributed by atoms with Crippen molar-refractivity contribution in [1.82, 2.24) is 15.1 Å². The molecule has 0 aliphatic carbocycles. The van der Waals surface area contributed by atoms with Crippen molar-refractivity contribution in [3.05, 3.63) is 34.6 Å². The van der Waals surface area contributed by atoms with E-state index in [1.807, 2.05) is 0 Å². The van der Waals surface area contributed by atoms with Crippen LogP contribution in [0.3, 0.4) is 0 Å². The van der Waals surface area contributed by atoms with E-state index in [0.717, 1.165) is 11.5 Å². The van der Waals surface area contributed by atoms with Crippen LogP contribution in [0.4, 0.5) is 9.18 Å². The first-order chi connectivity index (χ1) is 12.0. The van der Waals surface area contributed by atoms with Gasteiger partial charge in [-0.25, -0.2) is 9.18 Å². The maximum absolute atomic E-state index is 13.1. The molecule has 1 aliphatic heterocycles. The fourth-order valence-electron chi connectivity index (χ4n) is 2.68. The number of rotatable bonds is 4. The highest BCUT2D eigenvalue weighted by Gasteiger charge is 2.23. The molecule has 9 heteroatoms. The normalized spacial score (nSPS) is 14.7. The summed E-state index contributed by atoms with van der Waals surface area (Å²) in [5.41, 5.74) is 0.887. The summed E-state index contributed by atoms with van der Waals surface area (Å²) in [7, 11) is 1.73. The van der Waals surface area contributed by atoms with E-state index < -0.39 is 0 Å². The maximum Gasteiger partial charge on any atom is 0.409 e. The summed E-state index contributed by atoms with van der Waals surface area (Å²) in [5.74, 6) is 0.443. The van der Waals surface area contributed by atoms with Gasteiger partial charge in [0.2, 0.25) is 0 Å². The van der Waals surface area contributed by atoms with E-state index in [-0.39, 0.29) is 35.9 Å². The number of hydrogen-bond acceptors (Lipinski definition) is 3. The van der Waals surface area contributed by atoms with E-state index >= 15 is 0 Å². The number of piperazine rings is 1. The molecule has 1 amide bonds. The van der Waals surface area contributed by atoms with Crippen molar-refractivity contribution in [2.45, 2.75) is 13.3 Å². The Kier molecular flexibility index (Phi) is 10.0. The lowest BCUT2D eigenvalue weighted by Gasteiger charge is -2.35. The Morgan fingerprint density at radius 2 is 1.96 bits per heavy atom. The highest BCUT2D eigenvalue weighted by atomic mass is 127. The molecule has 0 radical (unpaired) electrons. The molecule has 1 aliphatic rings. The van der Waals surface area contributed by atoms with Gasteiger partial charge in [0.1, 0.15) is 5.82 Å². The standard InChI is InChI=1S/C17H24ClFN4O2.HI/c1-3-25-17(24)23-10-8-22(9-11-23)16(20-2)21-7-6-13-4-5-14(19)12-15(13)18;/h4-5,12H,3,6-11H2,1-2H3,(H,20,21);1H. The molecule has 0 atom stereocenters. The monoisotopic (exact) mass is 498 g/mol. The van der Waals surface area contributed by atoms with Crippen molar-refractivity contribution in [1.29, 1.82) is 0 Å². The first-order valence-electron chi connectivity index (χ1n) is 8.36. The third kappa shape index (κ3) is 6.46. The quantitative estimate of drug-likeness (QED) is 0.394. The molecule has 1 aromatic rings. The van der Waals surface area contributed by atoms with Crippen LogP contribution in [-0.2, 0) is 11.2 Å². The predicted molar refractivity (Wildman–Crippen MR) is 112 cm³/mol. The Labute approximate surface area is 175 Å². The number of ether oxygens (including phenoxy) is 1. The number of amides is 1. The summed E-state index contributed by atoms with van der Waals surface area (Å²) in [6.45, 7) is 5.40. The molecule has 1 N–H and O–H groups in total. The van der Waals surface area contributed by atoms with Crippen LogP contribution >= 0.6 is 35.6 Å². The lowest BCUT2D eigenvalue weighted by atomic mass is 10.1. The number of nitrogens with zero attached hydrogens (tertiary/aromatic N) is 3. The third-order valence-corrected chi connectivity index (χ3v) is 4.36. The van der Waals surface area contributed by atoms with Crippen LogP contribution in [0, 0.1) is 5.82 Å². The van der Waals surface area contributed by atoms with Crippen molar-refractivity contribution in [2.24, 2.45) is 4.99 Å². The van der Waals surface area contributed by atoms with E-state index in [1.54, 1.807) is 24.9 Å². The van der Waals surface area contributed by atoms with E-state index in [9.17, 15) is 9.18 Å². The van der Waals surface area contributed by atoms with Crippen LogP contribution in [-0.4, -0.2) is 68.2 Å². The Balaban J connectivity index is 0.00000338. The van der Waals surface area contributed by atoms with Gasteiger partial charge in [-0.1, -0.05) is 17.7 Å². The van der Waals surface area contributed by atoms with Crippen LogP contribution < -0.4 is 5.32 Å². The van der Waals surface area contributed by atoms with Crippen LogP contribution in [0.1, 0.15) is 12.5 Å². The molecule has 2 rings (SSSR count). The van der Waals surface area contributed by atoms with Gasteiger partial charge in [0.25, 0.3) is 0 Å². The second-order valence-electron chi connectivity index (χ2n) is 5.63. The van der Waals surface area contributed by atoms with Gasteiger partial charge < -0.3 is 19.9 Å². The number of hydrogen-bond donors (Lipinski definition) is 1. The van der Waals surface area contributed by atoms with Gasteiger partial charge in [-0.15, -0.1) is 24.0 Å². The van der Waals surface area contributed by atoms with E-state index in [0.29, 0.717) is 50.8 Å². The molecular formula is C17H25ClFIN4O2. The highest BCUT2D eigenvalue weighted by molar-refractivity contribution is 14.0. The zero-order chi connectivity index (χ0) is 18.2. The number of nitrogens with one attached hydrogen (secondary N) is 1. The lowest BCUT2D eigenvalue weighted by molar-refractivity contribution is 0.0915. The SMILES string of the molecule is CCOC(=O)N1CCN(C(=NC)NCCc2ccc(F)cc2Cl)CC1.I. The molecule has 1 saturated heterocycles. The first kappa shape index (κ1) is 22.8. The fourth-order valence-corrected chi connectivity index (χ4v) is 2.94. The Hall–Kier alpha value is -1.29. The summed E-state index contributed by atoms with van der Waals surface area (Å²) >= 11 is 6.04. The van der Waals surface area contributed by atoms with Gasteiger partial charge in [0.15, 0.2) is 5.96 Å². The van der Waals surface area contributed by atoms with Crippen molar-refractivity contribution in [3.63, 3.8) is 0 Å². The molecule has 0 spiro atoms. The number of guanidine groups is 1. The number of halogens is 3. The Morgan fingerprint density at radius 3 is 2.54 bits per heavy atom. The van der Waals surface area contributed by atoms with Gasteiger partial charge in [-0.05, 0) is 31.0 Å². The lowest BCUT2D eigenvalue weighted by Crippen LogP contribution is -2.54. The minimum absolute atomic E-state index is 0. The molecule has 1 aromatic carbocycles. The highest BCUT2D eigenvalue weighted by Crippen LogP contribution is 2.17. The molecule has 26 heavy (non-hydrogen) atoms. The molecule has 6 nitrogen and oxygen atoms in total. The minimum atomic E-state index is -0.336. The zero-order valence-corrected chi connectivity index (χ0v) is 18.1. The molecule has 0 saturated carbocycles. The van der Waals surface area contributed by atoms with Gasteiger partial charge >= 0.3 is 6.09 Å². The average molecular weight is 499 g/mol. The average Bonchev–Trinajstić information content (AvgIpc) is 2.61. The van der Waals surface area contributed by atoms with Crippen LogP contribution in [0.5, 0.6) is 0 Å². The third-order valence-electron chi connectivity index (χ3n) is 4.01. The number of carbonyl (C=O) groups excluding carboxylic acids is 1. The first-order valence-corrected chi connectivity index (χ1v) is 8.74. The predicted octanol–water partition coefficient (Wildman–Crippen LogP) is 2.99. The summed E-state index contributed by atoms with van der Waals surface area (Å²) in [6.07, 6.45) is 0.400. The number of benzene rings is 1. The number of aliphatic imine (C=N–C) groups is 1. The molecule has 0 unspecified atom stereocenters. The summed E-state index contributed by atoms with van der Waals surface area (Å²) in [6, 6.07) is 4.42. The van der Waals surface area contributed by atoms with Gasteiger partial charge in [-0.2, -0.15) is 0 Å². The smallest absolute Gasteiger partial charge is 0.409 e. The van der Waals surface area contributed by atoms with Crippen molar-refractivity contribution < 1.29 is 13.9 Å². The summed E-state index contributed by atoms with van der Waals surface area (Å²) < 4.78 is 18.1. The fraction of sp³-hybridized carbons (Fsp3) is 0.529.